The maximum absolute atomic E-state index is 12.2. The number of aromatic amines is 1. The zero-order valence-electron chi connectivity index (χ0n) is 13.0. The molecule has 1 aromatic rings. The largest absolute Gasteiger partial charge is 0.332 e. The molecule has 2 N–H and O–H groups in total. The highest BCUT2D eigenvalue weighted by Crippen LogP contribution is 2.23. The van der Waals surface area contributed by atoms with Gasteiger partial charge in [0.25, 0.3) is 10.0 Å². The summed E-state index contributed by atoms with van der Waals surface area (Å²) < 4.78 is 27.0. The summed E-state index contributed by atoms with van der Waals surface area (Å²) >= 11 is 0. The third-order valence-electron chi connectivity index (χ3n) is 3.43. The van der Waals surface area contributed by atoms with E-state index in [1.807, 2.05) is 6.92 Å². The van der Waals surface area contributed by atoms with Gasteiger partial charge in [-0.3, -0.25) is 0 Å². The summed E-state index contributed by atoms with van der Waals surface area (Å²) in [4.78, 5) is 6.86. The van der Waals surface area contributed by atoms with Crippen molar-refractivity contribution in [2.75, 3.05) is 6.54 Å². The van der Waals surface area contributed by atoms with Crippen LogP contribution in [-0.2, 0) is 16.4 Å². The Balaban J connectivity index is 2.58. The summed E-state index contributed by atoms with van der Waals surface area (Å²) in [6.07, 6.45) is 6.59. The number of sulfonamides is 1. The summed E-state index contributed by atoms with van der Waals surface area (Å²) in [5, 5.41) is 0.152. The van der Waals surface area contributed by atoms with E-state index in [9.17, 15) is 8.42 Å². The number of aryl methyl sites for hydroxylation is 1. The van der Waals surface area contributed by atoms with Crippen LogP contribution in [0.1, 0.15) is 59.2 Å². The Labute approximate surface area is 122 Å². The smallest absolute Gasteiger partial charge is 0.257 e. The zero-order chi connectivity index (χ0) is 15.2. The molecule has 1 aromatic heterocycles. The maximum Gasteiger partial charge on any atom is 0.257 e. The molecule has 0 radical (unpaired) electrons. The standard InChI is InChI=1S/C14H27N3O2S/c1-5-7-8-9-14(3,4)11-16-20(18,19)13-10-15-12(6-2)17-13/h10,16H,5-9,11H2,1-4H3,(H,15,17). The molecule has 1 heterocycles. The van der Waals surface area contributed by atoms with Gasteiger partial charge in [0.05, 0.1) is 6.20 Å². The Morgan fingerprint density at radius 2 is 2.00 bits per heavy atom. The summed E-state index contributed by atoms with van der Waals surface area (Å²) in [7, 11) is -3.48. The van der Waals surface area contributed by atoms with Crippen molar-refractivity contribution in [1.82, 2.24) is 14.7 Å². The predicted molar refractivity (Wildman–Crippen MR) is 81.1 cm³/mol. The minimum Gasteiger partial charge on any atom is -0.332 e. The Hall–Kier alpha value is -0.880. The van der Waals surface area contributed by atoms with Crippen LogP contribution in [0, 0.1) is 5.41 Å². The molecule has 6 heteroatoms. The molecule has 1 rings (SSSR count). The molecule has 0 amide bonds. The van der Waals surface area contributed by atoms with Crippen LogP contribution in [-0.4, -0.2) is 24.9 Å². The lowest BCUT2D eigenvalue weighted by Crippen LogP contribution is -2.34. The van der Waals surface area contributed by atoms with E-state index < -0.39 is 10.0 Å². The molecule has 0 saturated carbocycles. The first-order valence-corrected chi connectivity index (χ1v) is 8.82. The van der Waals surface area contributed by atoms with Gasteiger partial charge < -0.3 is 4.98 Å². The second kappa shape index (κ2) is 7.22. The van der Waals surface area contributed by atoms with Gasteiger partial charge >= 0.3 is 0 Å². The van der Waals surface area contributed by atoms with Crippen molar-refractivity contribution in [3.05, 3.63) is 12.0 Å². The molecule has 20 heavy (non-hydrogen) atoms. The Morgan fingerprint density at radius 1 is 1.30 bits per heavy atom. The van der Waals surface area contributed by atoms with Crippen LogP contribution in [0.15, 0.2) is 11.2 Å². The average Bonchev–Trinajstić information content (AvgIpc) is 2.86. The van der Waals surface area contributed by atoms with Gasteiger partial charge in [-0.05, 0) is 11.8 Å². The van der Waals surface area contributed by atoms with Crippen LogP contribution in [0.2, 0.25) is 0 Å². The fourth-order valence-corrected chi connectivity index (χ4v) is 3.15. The van der Waals surface area contributed by atoms with Gasteiger partial charge in [0, 0.05) is 13.0 Å². The van der Waals surface area contributed by atoms with Gasteiger partial charge in [0.1, 0.15) is 5.82 Å². The van der Waals surface area contributed by atoms with E-state index in [0.29, 0.717) is 18.8 Å². The molecule has 0 unspecified atom stereocenters. The number of hydrogen-bond donors (Lipinski definition) is 2. The maximum atomic E-state index is 12.2. The van der Waals surface area contributed by atoms with Crippen LogP contribution in [0.4, 0.5) is 0 Å². The molecule has 0 saturated heterocycles. The van der Waals surface area contributed by atoms with E-state index in [2.05, 4.69) is 35.5 Å². The fraction of sp³-hybridized carbons (Fsp3) is 0.786. The molecule has 0 bridgehead atoms. The number of imidazole rings is 1. The first-order chi connectivity index (χ1) is 9.30. The van der Waals surface area contributed by atoms with Crippen LogP contribution in [0.5, 0.6) is 0 Å². The second-order valence-corrected chi connectivity index (χ2v) is 7.73. The lowest BCUT2D eigenvalue weighted by Gasteiger charge is -2.24. The van der Waals surface area contributed by atoms with Crippen LogP contribution < -0.4 is 4.72 Å². The molecule has 0 aliphatic carbocycles. The van der Waals surface area contributed by atoms with Crippen molar-refractivity contribution in [3.63, 3.8) is 0 Å². The summed E-state index contributed by atoms with van der Waals surface area (Å²) in [6, 6.07) is 0. The van der Waals surface area contributed by atoms with Gasteiger partial charge in [0.2, 0.25) is 0 Å². The minimum atomic E-state index is -3.48. The van der Waals surface area contributed by atoms with Gasteiger partial charge in [-0.15, -0.1) is 0 Å². The van der Waals surface area contributed by atoms with E-state index in [0.717, 1.165) is 12.8 Å². The SMILES string of the molecule is CCCCCC(C)(C)CNS(=O)(=O)c1cnc(CC)[nH]1. The van der Waals surface area contributed by atoms with E-state index in [1.165, 1.54) is 19.0 Å². The normalized spacial score (nSPS) is 12.8. The van der Waals surface area contributed by atoms with Crippen LogP contribution >= 0.6 is 0 Å². The molecule has 116 valence electrons. The first kappa shape index (κ1) is 17.2. The van der Waals surface area contributed by atoms with Crippen molar-refractivity contribution in [2.24, 2.45) is 5.41 Å². The Bertz CT molecular complexity index is 506. The van der Waals surface area contributed by atoms with E-state index in [4.69, 9.17) is 0 Å². The number of H-pyrrole nitrogens is 1. The second-order valence-electron chi connectivity index (χ2n) is 5.99. The van der Waals surface area contributed by atoms with Crippen molar-refractivity contribution in [2.45, 2.75) is 64.8 Å². The number of hydrogen-bond acceptors (Lipinski definition) is 3. The highest BCUT2D eigenvalue weighted by atomic mass is 32.2. The first-order valence-electron chi connectivity index (χ1n) is 7.34. The van der Waals surface area contributed by atoms with Gasteiger partial charge in [-0.1, -0.05) is 47.0 Å². The summed E-state index contributed by atoms with van der Waals surface area (Å²) in [5.41, 5.74) is -0.0319. The number of nitrogens with one attached hydrogen (secondary N) is 2. The summed E-state index contributed by atoms with van der Waals surface area (Å²) in [6.45, 7) is 8.73. The number of nitrogens with zero attached hydrogens (tertiary/aromatic N) is 1. The third kappa shape index (κ3) is 5.25. The van der Waals surface area contributed by atoms with E-state index in [-0.39, 0.29) is 10.4 Å². The molecule has 0 aliphatic heterocycles. The van der Waals surface area contributed by atoms with Gasteiger partial charge in [-0.2, -0.15) is 0 Å². The lowest BCUT2D eigenvalue weighted by atomic mass is 9.87. The van der Waals surface area contributed by atoms with Crippen molar-refractivity contribution >= 4 is 10.0 Å². The predicted octanol–water partition coefficient (Wildman–Crippen LogP) is 2.86. The molecule has 0 atom stereocenters. The Kier molecular flexibility index (Phi) is 6.20. The fourth-order valence-electron chi connectivity index (χ4n) is 1.97. The highest BCUT2D eigenvalue weighted by Gasteiger charge is 2.23. The monoisotopic (exact) mass is 301 g/mol. The van der Waals surface area contributed by atoms with E-state index in [1.54, 1.807) is 0 Å². The highest BCUT2D eigenvalue weighted by molar-refractivity contribution is 7.89. The molecule has 0 spiro atoms. The Morgan fingerprint density at radius 3 is 2.55 bits per heavy atom. The number of rotatable bonds is 9. The van der Waals surface area contributed by atoms with Crippen LogP contribution in [0.3, 0.4) is 0 Å². The average molecular weight is 301 g/mol. The zero-order valence-corrected chi connectivity index (χ0v) is 13.8. The van der Waals surface area contributed by atoms with E-state index >= 15 is 0 Å². The topological polar surface area (TPSA) is 74.8 Å². The van der Waals surface area contributed by atoms with Crippen molar-refractivity contribution in [1.29, 1.82) is 0 Å². The number of aromatic nitrogens is 2. The van der Waals surface area contributed by atoms with Gasteiger partial charge in [0.15, 0.2) is 5.03 Å². The molecule has 0 aromatic carbocycles. The third-order valence-corrected chi connectivity index (χ3v) is 4.74. The molecule has 0 fully saturated rings. The molecular weight excluding hydrogens is 274 g/mol. The quantitative estimate of drug-likeness (QED) is 0.689. The minimum absolute atomic E-state index is 0.0319. The van der Waals surface area contributed by atoms with Crippen LogP contribution in [0.25, 0.3) is 0 Å². The molecule has 5 nitrogen and oxygen atoms in total. The summed E-state index contributed by atoms with van der Waals surface area (Å²) in [5.74, 6) is 0.688. The lowest BCUT2D eigenvalue weighted by molar-refractivity contribution is 0.320. The molecular formula is C14H27N3O2S. The van der Waals surface area contributed by atoms with Gasteiger partial charge in [-0.25, -0.2) is 18.1 Å². The molecule has 0 aliphatic rings. The van der Waals surface area contributed by atoms with Crippen molar-refractivity contribution in [3.8, 4) is 0 Å². The number of unbranched alkanes of at least 4 members (excludes halogenated alkanes) is 2. The van der Waals surface area contributed by atoms with Crippen molar-refractivity contribution < 1.29 is 8.42 Å².